The normalized spacial score (nSPS) is 18.3. The smallest absolute Gasteiger partial charge is 0.233 e. The minimum atomic E-state index is -0.432. The molecule has 0 radical (unpaired) electrons. The van der Waals surface area contributed by atoms with E-state index in [1.165, 1.54) is 0 Å². The lowest BCUT2D eigenvalue weighted by atomic mass is 9.92. The molecule has 1 aliphatic rings. The first-order chi connectivity index (χ1) is 6.59. The molecule has 2 nitrogen and oxygen atoms in total. The second-order valence-electron chi connectivity index (χ2n) is 4.10. The van der Waals surface area contributed by atoms with Crippen LogP contribution in [0.15, 0.2) is 30.3 Å². The van der Waals surface area contributed by atoms with Gasteiger partial charge < -0.3 is 5.32 Å². The SMILES string of the molecule is CC1(C)C=Cc2ccccc2NC1=O. The van der Waals surface area contributed by atoms with Crippen LogP contribution in [-0.4, -0.2) is 5.91 Å². The van der Waals surface area contributed by atoms with Crippen LogP contribution in [0.1, 0.15) is 19.4 Å². The average Bonchev–Trinajstić information content (AvgIpc) is 2.26. The third-order valence-electron chi connectivity index (χ3n) is 2.47. The predicted octanol–water partition coefficient (Wildman–Crippen LogP) is 2.68. The Bertz CT molecular complexity index is 405. The molecule has 0 aliphatic carbocycles. The number of para-hydroxylation sites is 1. The third-order valence-corrected chi connectivity index (χ3v) is 2.47. The van der Waals surface area contributed by atoms with E-state index in [1.54, 1.807) is 0 Å². The molecule has 0 bridgehead atoms. The van der Waals surface area contributed by atoms with Crippen LogP contribution in [0.3, 0.4) is 0 Å². The van der Waals surface area contributed by atoms with E-state index in [0.717, 1.165) is 11.3 Å². The molecule has 14 heavy (non-hydrogen) atoms. The first-order valence-electron chi connectivity index (χ1n) is 4.69. The lowest BCUT2D eigenvalue weighted by molar-refractivity contribution is -0.121. The molecule has 0 saturated heterocycles. The summed E-state index contributed by atoms with van der Waals surface area (Å²) in [6, 6.07) is 7.80. The van der Waals surface area contributed by atoms with Gasteiger partial charge in [-0.1, -0.05) is 30.4 Å². The highest BCUT2D eigenvalue weighted by molar-refractivity contribution is 6.00. The highest BCUT2D eigenvalue weighted by atomic mass is 16.2. The molecule has 0 saturated carbocycles. The number of anilines is 1. The van der Waals surface area contributed by atoms with E-state index in [9.17, 15) is 4.79 Å². The van der Waals surface area contributed by atoms with Crippen molar-refractivity contribution < 1.29 is 4.79 Å². The lowest BCUT2D eigenvalue weighted by Gasteiger charge is -2.16. The molecule has 0 aromatic heterocycles. The molecule has 1 N–H and O–H groups in total. The van der Waals surface area contributed by atoms with Gasteiger partial charge >= 0.3 is 0 Å². The number of hydrogen-bond acceptors (Lipinski definition) is 1. The zero-order valence-electron chi connectivity index (χ0n) is 8.37. The van der Waals surface area contributed by atoms with Crippen molar-refractivity contribution >= 4 is 17.7 Å². The van der Waals surface area contributed by atoms with Crippen LogP contribution in [0.5, 0.6) is 0 Å². The largest absolute Gasteiger partial charge is 0.325 e. The quantitative estimate of drug-likeness (QED) is 0.664. The van der Waals surface area contributed by atoms with E-state index in [0.29, 0.717) is 0 Å². The van der Waals surface area contributed by atoms with Crippen molar-refractivity contribution in [3.8, 4) is 0 Å². The molecule has 1 amide bonds. The molecule has 0 unspecified atom stereocenters. The van der Waals surface area contributed by atoms with E-state index < -0.39 is 5.41 Å². The maximum Gasteiger partial charge on any atom is 0.233 e. The highest BCUT2D eigenvalue weighted by Crippen LogP contribution is 2.28. The van der Waals surface area contributed by atoms with Crippen LogP contribution in [0.2, 0.25) is 0 Å². The topological polar surface area (TPSA) is 29.1 Å². The Morgan fingerprint density at radius 1 is 1.21 bits per heavy atom. The van der Waals surface area contributed by atoms with Gasteiger partial charge in [-0.25, -0.2) is 0 Å². The Hall–Kier alpha value is -1.57. The minimum Gasteiger partial charge on any atom is -0.325 e. The number of nitrogens with one attached hydrogen (secondary N) is 1. The zero-order chi connectivity index (χ0) is 10.2. The maximum atomic E-state index is 11.7. The summed E-state index contributed by atoms with van der Waals surface area (Å²) in [6.07, 6.45) is 3.93. The molecule has 1 heterocycles. The number of hydrogen-bond donors (Lipinski definition) is 1. The van der Waals surface area contributed by atoms with Crippen LogP contribution in [0.4, 0.5) is 5.69 Å². The number of carbonyl (C=O) groups excluding carboxylic acids is 1. The standard InChI is InChI=1S/C12H13NO/c1-12(2)8-7-9-5-3-4-6-10(9)13-11(12)14/h3-8H,1-2H3,(H,13,14). The molecule has 72 valence electrons. The van der Waals surface area contributed by atoms with Gasteiger partial charge in [0.25, 0.3) is 0 Å². The van der Waals surface area contributed by atoms with Crippen LogP contribution < -0.4 is 5.32 Å². The van der Waals surface area contributed by atoms with Crippen molar-refractivity contribution in [2.24, 2.45) is 5.41 Å². The zero-order valence-corrected chi connectivity index (χ0v) is 8.37. The van der Waals surface area contributed by atoms with Crippen molar-refractivity contribution in [1.29, 1.82) is 0 Å². The molecule has 1 aromatic carbocycles. The summed E-state index contributed by atoms with van der Waals surface area (Å²) in [5, 5.41) is 2.91. The van der Waals surface area contributed by atoms with Crippen molar-refractivity contribution in [2.75, 3.05) is 5.32 Å². The van der Waals surface area contributed by atoms with Crippen molar-refractivity contribution in [3.05, 3.63) is 35.9 Å². The fourth-order valence-electron chi connectivity index (χ4n) is 1.41. The van der Waals surface area contributed by atoms with Crippen molar-refractivity contribution in [3.63, 3.8) is 0 Å². The summed E-state index contributed by atoms with van der Waals surface area (Å²) in [7, 11) is 0. The molecule has 0 fully saturated rings. The Labute approximate surface area is 83.6 Å². The molecule has 1 aliphatic heterocycles. The summed E-state index contributed by atoms with van der Waals surface area (Å²) in [6.45, 7) is 3.81. The van der Waals surface area contributed by atoms with E-state index in [2.05, 4.69) is 5.32 Å². The molecule has 0 atom stereocenters. The summed E-state index contributed by atoms with van der Waals surface area (Å²) in [5.74, 6) is 0.0405. The number of benzene rings is 1. The van der Waals surface area contributed by atoms with Crippen molar-refractivity contribution in [2.45, 2.75) is 13.8 Å². The van der Waals surface area contributed by atoms with Gasteiger partial charge in [-0.15, -0.1) is 0 Å². The molecule has 2 heteroatoms. The van der Waals surface area contributed by atoms with Gasteiger partial charge in [0.1, 0.15) is 0 Å². The Balaban J connectivity index is 2.49. The number of rotatable bonds is 0. The molecular weight excluding hydrogens is 174 g/mol. The molecule has 1 aromatic rings. The summed E-state index contributed by atoms with van der Waals surface area (Å²) >= 11 is 0. The number of carbonyl (C=O) groups is 1. The molecule has 2 rings (SSSR count). The Kier molecular flexibility index (Phi) is 1.92. The summed E-state index contributed by atoms with van der Waals surface area (Å²) < 4.78 is 0. The van der Waals surface area contributed by atoms with E-state index in [4.69, 9.17) is 0 Å². The van der Waals surface area contributed by atoms with Gasteiger partial charge in [-0.3, -0.25) is 4.79 Å². The second-order valence-corrected chi connectivity index (χ2v) is 4.10. The van der Waals surface area contributed by atoms with Gasteiger partial charge in [0.2, 0.25) is 5.91 Å². The van der Waals surface area contributed by atoms with Crippen molar-refractivity contribution in [1.82, 2.24) is 0 Å². The van der Waals surface area contributed by atoms with E-state index >= 15 is 0 Å². The van der Waals surface area contributed by atoms with Gasteiger partial charge in [-0.2, -0.15) is 0 Å². The fourth-order valence-corrected chi connectivity index (χ4v) is 1.41. The highest BCUT2D eigenvalue weighted by Gasteiger charge is 2.26. The maximum absolute atomic E-state index is 11.7. The first kappa shape index (κ1) is 9.00. The lowest BCUT2D eigenvalue weighted by Crippen LogP contribution is -2.27. The number of amides is 1. The van der Waals surface area contributed by atoms with Crippen LogP contribution in [-0.2, 0) is 4.79 Å². The first-order valence-corrected chi connectivity index (χ1v) is 4.69. The minimum absolute atomic E-state index is 0.0405. The molecule has 0 spiro atoms. The second kappa shape index (κ2) is 2.98. The Morgan fingerprint density at radius 3 is 2.71 bits per heavy atom. The number of fused-ring (bicyclic) bond motifs is 1. The van der Waals surface area contributed by atoms with Gasteiger partial charge in [0.15, 0.2) is 0 Å². The van der Waals surface area contributed by atoms with Gasteiger partial charge in [0, 0.05) is 5.69 Å². The van der Waals surface area contributed by atoms with Crippen LogP contribution in [0, 0.1) is 5.41 Å². The summed E-state index contributed by atoms with van der Waals surface area (Å²) in [4.78, 5) is 11.7. The Morgan fingerprint density at radius 2 is 1.93 bits per heavy atom. The average molecular weight is 187 g/mol. The van der Waals surface area contributed by atoms with Crippen LogP contribution in [0.25, 0.3) is 6.08 Å². The predicted molar refractivity (Wildman–Crippen MR) is 57.9 cm³/mol. The van der Waals surface area contributed by atoms with Gasteiger partial charge in [0.05, 0.1) is 5.41 Å². The molecular formula is C12H13NO. The third kappa shape index (κ3) is 1.43. The van der Waals surface area contributed by atoms with E-state index in [-0.39, 0.29) is 5.91 Å². The van der Waals surface area contributed by atoms with Gasteiger partial charge in [-0.05, 0) is 25.5 Å². The monoisotopic (exact) mass is 187 g/mol. The van der Waals surface area contributed by atoms with E-state index in [1.807, 2.05) is 50.3 Å². The van der Waals surface area contributed by atoms with Crippen LogP contribution >= 0.6 is 0 Å². The fraction of sp³-hybridized carbons (Fsp3) is 0.250. The summed E-state index contributed by atoms with van der Waals surface area (Å²) in [5.41, 5.74) is 1.52.